The van der Waals surface area contributed by atoms with Gasteiger partial charge in [-0.15, -0.1) is 16.2 Å². The minimum Gasteiger partial charge on any atom is -0.298 e. The monoisotopic (exact) mass is 367 g/mol. The van der Waals surface area contributed by atoms with Crippen molar-refractivity contribution in [1.29, 1.82) is 0 Å². The number of hydrogen-bond donors (Lipinski definition) is 3. The molecule has 1 amide bonds. The number of benzene rings is 1. The molecule has 0 saturated carbocycles. The van der Waals surface area contributed by atoms with E-state index in [1.807, 2.05) is 17.5 Å². The Morgan fingerprint density at radius 1 is 1.13 bits per heavy atom. The molecule has 0 bridgehead atoms. The zero-order chi connectivity index (χ0) is 16.7. The highest BCUT2D eigenvalue weighted by atomic mass is 32.2. The largest absolute Gasteiger partial charge is 0.298 e. The second kappa shape index (κ2) is 7.97. The molecule has 1 aromatic carbocycles. The third-order valence-corrected chi connectivity index (χ3v) is 4.84. The normalized spacial score (nSPS) is 11.3. The lowest BCUT2D eigenvalue weighted by molar-refractivity contribution is -0.115. The molecule has 0 aliphatic heterocycles. The number of rotatable bonds is 5. The van der Waals surface area contributed by atoms with Crippen molar-refractivity contribution in [2.45, 2.75) is 4.90 Å². The highest BCUT2D eigenvalue weighted by molar-refractivity contribution is 7.89. The summed E-state index contributed by atoms with van der Waals surface area (Å²) < 4.78 is 23.9. The standard InChI is InChI=1S/C14H13N3O3S3/c18-13(9-8-11-5-4-10-22-11)15-14(21)16-17-23(19,20)12-6-2-1-3-7-12/h1-10,17H,(H2,15,16,18,21)/b9-8+. The van der Waals surface area contributed by atoms with Gasteiger partial charge in [-0.25, -0.2) is 8.42 Å². The van der Waals surface area contributed by atoms with Gasteiger partial charge >= 0.3 is 0 Å². The molecule has 0 aliphatic rings. The van der Waals surface area contributed by atoms with Crippen molar-refractivity contribution in [2.75, 3.05) is 0 Å². The molecule has 1 heterocycles. The predicted octanol–water partition coefficient (Wildman–Crippen LogP) is 1.65. The number of nitrogens with one attached hydrogen (secondary N) is 3. The smallest absolute Gasteiger partial charge is 0.257 e. The summed E-state index contributed by atoms with van der Waals surface area (Å²) in [6.07, 6.45) is 2.95. The number of hydrazine groups is 1. The van der Waals surface area contributed by atoms with Crippen molar-refractivity contribution in [3.8, 4) is 0 Å². The number of thiophene rings is 1. The molecule has 23 heavy (non-hydrogen) atoms. The lowest BCUT2D eigenvalue weighted by atomic mass is 10.4. The Balaban J connectivity index is 1.84. The van der Waals surface area contributed by atoms with Crippen LogP contribution in [0.15, 0.2) is 58.8 Å². The summed E-state index contributed by atoms with van der Waals surface area (Å²) >= 11 is 6.35. The summed E-state index contributed by atoms with van der Waals surface area (Å²) in [5.41, 5.74) is 2.28. The van der Waals surface area contributed by atoms with Crippen LogP contribution in [0.4, 0.5) is 0 Å². The fraction of sp³-hybridized carbons (Fsp3) is 0. The highest BCUT2D eigenvalue weighted by Gasteiger charge is 2.13. The van der Waals surface area contributed by atoms with Crippen LogP contribution < -0.4 is 15.6 Å². The fourth-order valence-corrected chi connectivity index (χ4v) is 3.20. The molecule has 120 valence electrons. The Morgan fingerprint density at radius 3 is 2.52 bits per heavy atom. The van der Waals surface area contributed by atoms with E-state index in [9.17, 15) is 13.2 Å². The van der Waals surface area contributed by atoms with Crippen molar-refractivity contribution in [3.05, 3.63) is 58.8 Å². The summed E-state index contributed by atoms with van der Waals surface area (Å²) in [6.45, 7) is 0. The molecule has 2 rings (SSSR count). The van der Waals surface area contributed by atoms with Crippen LogP contribution in [0.1, 0.15) is 4.88 Å². The van der Waals surface area contributed by atoms with Crippen LogP contribution in [-0.4, -0.2) is 19.4 Å². The number of hydrogen-bond acceptors (Lipinski definition) is 5. The number of thiocarbonyl (C=S) groups is 1. The molecule has 0 aliphatic carbocycles. The van der Waals surface area contributed by atoms with E-state index in [0.717, 1.165) is 4.88 Å². The van der Waals surface area contributed by atoms with Crippen molar-refractivity contribution in [3.63, 3.8) is 0 Å². The van der Waals surface area contributed by atoms with Gasteiger partial charge in [0, 0.05) is 11.0 Å². The average Bonchev–Trinajstić information content (AvgIpc) is 3.05. The van der Waals surface area contributed by atoms with Crippen molar-refractivity contribution >= 4 is 50.7 Å². The number of carbonyl (C=O) groups is 1. The highest BCUT2D eigenvalue weighted by Crippen LogP contribution is 2.09. The van der Waals surface area contributed by atoms with Gasteiger partial charge in [-0.3, -0.25) is 15.5 Å². The van der Waals surface area contributed by atoms with Crippen LogP contribution >= 0.6 is 23.6 Å². The quantitative estimate of drug-likeness (QED) is 0.425. The van der Waals surface area contributed by atoms with Crippen LogP contribution in [0, 0.1) is 0 Å². The first-order valence-corrected chi connectivity index (χ1v) is 9.14. The van der Waals surface area contributed by atoms with Gasteiger partial charge in [-0.2, -0.15) is 0 Å². The minimum absolute atomic E-state index is 0.0826. The fourth-order valence-electron chi connectivity index (χ4n) is 1.50. The van der Waals surface area contributed by atoms with Gasteiger partial charge in [0.1, 0.15) is 0 Å². The summed E-state index contributed by atoms with van der Waals surface area (Å²) in [4.78, 5) is 14.7. The number of sulfonamides is 1. The van der Waals surface area contributed by atoms with Gasteiger partial charge in [0.2, 0.25) is 5.91 Å². The van der Waals surface area contributed by atoms with Gasteiger partial charge in [0.25, 0.3) is 10.0 Å². The molecule has 9 heteroatoms. The van der Waals surface area contributed by atoms with Crippen LogP contribution in [0.25, 0.3) is 6.08 Å². The molecule has 0 radical (unpaired) electrons. The van der Waals surface area contributed by atoms with E-state index >= 15 is 0 Å². The summed E-state index contributed by atoms with van der Waals surface area (Å²) in [7, 11) is -3.76. The maximum atomic E-state index is 11.9. The third kappa shape index (κ3) is 5.57. The van der Waals surface area contributed by atoms with Crippen LogP contribution in [-0.2, 0) is 14.8 Å². The number of amides is 1. The van der Waals surface area contributed by atoms with Gasteiger partial charge in [-0.05, 0) is 41.9 Å². The topological polar surface area (TPSA) is 87.3 Å². The average molecular weight is 367 g/mol. The van der Waals surface area contributed by atoms with Gasteiger partial charge < -0.3 is 0 Å². The van der Waals surface area contributed by atoms with E-state index < -0.39 is 15.9 Å². The zero-order valence-corrected chi connectivity index (χ0v) is 14.2. The first kappa shape index (κ1) is 17.3. The molecule has 6 nitrogen and oxygen atoms in total. The molecule has 0 spiro atoms. The van der Waals surface area contributed by atoms with Crippen LogP contribution in [0.2, 0.25) is 0 Å². The van der Waals surface area contributed by atoms with E-state index in [1.165, 1.54) is 29.5 Å². The molecule has 0 saturated heterocycles. The van der Waals surface area contributed by atoms with E-state index in [-0.39, 0.29) is 10.0 Å². The molecule has 3 N–H and O–H groups in total. The first-order chi connectivity index (χ1) is 11.0. The lowest BCUT2D eigenvalue weighted by Gasteiger charge is -2.10. The van der Waals surface area contributed by atoms with Gasteiger partial charge in [-0.1, -0.05) is 24.3 Å². The molecular formula is C14H13N3O3S3. The Labute approximate surface area is 143 Å². The molecule has 0 unspecified atom stereocenters. The Morgan fingerprint density at radius 2 is 1.87 bits per heavy atom. The summed E-state index contributed by atoms with van der Waals surface area (Å²) in [5.74, 6) is -0.463. The van der Waals surface area contributed by atoms with E-state index in [2.05, 4.69) is 15.6 Å². The molecule has 1 aromatic heterocycles. The summed E-state index contributed by atoms with van der Waals surface area (Å²) in [6, 6.07) is 11.5. The SMILES string of the molecule is O=C(/C=C/c1cccs1)NC(=S)NNS(=O)(=O)c1ccccc1. The van der Waals surface area contributed by atoms with Crippen molar-refractivity contribution in [1.82, 2.24) is 15.6 Å². The van der Waals surface area contributed by atoms with Crippen LogP contribution in [0.5, 0.6) is 0 Å². The Hall–Kier alpha value is -2.07. The zero-order valence-electron chi connectivity index (χ0n) is 11.7. The maximum Gasteiger partial charge on any atom is 0.257 e. The van der Waals surface area contributed by atoms with Gasteiger partial charge in [0.05, 0.1) is 4.90 Å². The summed E-state index contributed by atoms with van der Waals surface area (Å²) in [5, 5.41) is 4.08. The molecular weight excluding hydrogens is 354 g/mol. The molecule has 2 aromatic rings. The number of carbonyl (C=O) groups excluding carboxylic acids is 1. The predicted molar refractivity (Wildman–Crippen MR) is 94.0 cm³/mol. The van der Waals surface area contributed by atoms with Crippen LogP contribution in [0.3, 0.4) is 0 Å². The van der Waals surface area contributed by atoms with Crippen molar-refractivity contribution in [2.24, 2.45) is 0 Å². The third-order valence-electron chi connectivity index (χ3n) is 2.53. The minimum atomic E-state index is -3.76. The maximum absolute atomic E-state index is 11.9. The second-order valence-corrected chi connectivity index (χ2v) is 7.28. The molecule has 0 atom stereocenters. The molecule has 0 fully saturated rings. The first-order valence-electron chi connectivity index (χ1n) is 6.37. The van der Waals surface area contributed by atoms with Crippen molar-refractivity contribution < 1.29 is 13.2 Å². The van der Waals surface area contributed by atoms with E-state index in [1.54, 1.807) is 24.3 Å². The lowest BCUT2D eigenvalue weighted by Crippen LogP contribution is -2.48. The Kier molecular flexibility index (Phi) is 5.99. The Bertz CT molecular complexity index is 800. The van der Waals surface area contributed by atoms with Gasteiger partial charge in [0.15, 0.2) is 5.11 Å². The van der Waals surface area contributed by atoms with E-state index in [0.29, 0.717) is 0 Å². The second-order valence-electron chi connectivity index (χ2n) is 4.21. The van der Waals surface area contributed by atoms with E-state index in [4.69, 9.17) is 12.2 Å².